The van der Waals surface area contributed by atoms with Crippen molar-refractivity contribution in [2.45, 2.75) is 20.4 Å². The van der Waals surface area contributed by atoms with Gasteiger partial charge in [0.05, 0.1) is 18.3 Å². The maximum Gasteiger partial charge on any atom is 0.127 e. The van der Waals surface area contributed by atoms with Gasteiger partial charge in [-0.1, -0.05) is 23.8 Å². The zero-order chi connectivity index (χ0) is 13.4. The van der Waals surface area contributed by atoms with Gasteiger partial charge in [0.1, 0.15) is 5.82 Å². The zero-order valence-corrected chi connectivity index (χ0v) is 11.2. The Hall–Kier alpha value is -2.13. The standard InChI is InChI=1S/C16H17N3/c1-11-3-4-15(12(2)7-11)13-5-6-19-14(8-13)10-18-16(19)9-17/h3-8,10H,9,17H2,1-2H3. The van der Waals surface area contributed by atoms with Crippen LogP contribution >= 0.6 is 0 Å². The molecule has 0 saturated carbocycles. The number of imidazole rings is 1. The molecule has 0 radical (unpaired) electrons. The summed E-state index contributed by atoms with van der Waals surface area (Å²) in [5, 5.41) is 0. The Morgan fingerprint density at radius 3 is 2.74 bits per heavy atom. The van der Waals surface area contributed by atoms with Crippen LogP contribution in [0.15, 0.2) is 42.7 Å². The number of hydrogen-bond donors (Lipinski definition) is 1. The predicted molar refractivity (Wildman–Crippen MR) is 78.0 cm³/mol. The molecule has 0 fully saturated rings. The molecular weight excluding hydrogens is 234 g/mol. The van der Waals surface area contributed by atoms with Crippen LogP contribution in [0.25, 0.3) is 16.6 Å². The van der Waals surface area contributed by atoms with E-state index in [9.17, 15) is 0 Å². The Kier molecular flexibility index (Phi) is 2.84. The normalized spacial score (nSPS) is 11.1. The first-order valence-corrected chi connectivity index (χ1v) is 6.43. The van der Waals surface area contributed by atoms with E-state index < -0.39 is 0 Å². The molecule has 1 aromatic carbocycles. The van der Waals surface area contributed by atoms with Gasteiger partial charge in [0.15, 0.2) is 0 Å². The Bertz CT molecular complexity index is 741. The van der Waals surface area contributed by atoms with E-state index in [0.29, 0.717) is 6.54 Å². The molecule has 0 aliphatic heterocycles. The molecule has 2 aromatic heterocycles. The van der Waals surface area contributed by atoms with E-state index in [4.69, 9.17) is 5.73 Å². The highest BCUT2D eigenvalue weighted by atomic mass is 15.0. The number of nitrogens with two attached hydrogens (primary N) is 1. The van der Waals surface area contributed by atoms with Crippen molar-refractivity contribution in [1.82, 2.24) is 9.38 Å². The molecule has 3 rings (SSSR count). The third-order valence-electron chi connectivity index (χ3n) is 3.48. The molecule has 19 heavy (non-hydrogen) atoms. The number of pyridine rings is 1. The summed E-state index contributed by atoms with van der Waals surface area (Å²) in [7, 11) is 0. The monoisotopic (exact) mass is 251 g/mol. The molecule has 0 aliphatic carbocycles. The van der Waals surface area contributed by atoms with Gasteiger partial charge in [-0.15, -0.1) is 0 Å². The van der Waals surface area contributed by atoms with Crippen LogP contribution in [0.3, 0.4) is 0 Å². The van der Waals surface area contributed by atoms with Crippen LogP contribution in [0, 0.1) is 13.8 Å². The first kappa shape index (κ1) is 11.9. The van der Waals surface area contributed by atoms with E-state index in [1.165, 1.54) is 22.3 Å². The first-order chi connectivity index (χ1) is 9.19. The minimum atomic E-state index is 0.455. The molecular formula is C16H17N3. The summed E-state index contributed by atoms with van der Waals surface area (Å²) in [6.45, 7) is 4.72. The zero-order valence-electron chi connectivity index (χ0n) is 11.2. The van der Waals surface area contributed by atoms with Crippen LogP contribution in [0.4, 0.5) is 0 Å². The minimum Gasteiger partial charge on any atom is -0.324 e. The van der Waals surface area contributed by atoms with Crippen molar-refractivity contribution in [3.63, 3.8) is 0 Å². The van der Waals surface area contributed by atoms with Crippen molar-refractivity contribution in [3.05, 3.63) is 59.7 Å². The molecule has 0 saturated heterocycles. The van der Waals surface area contributed by atoms with Gasteiger partial charge in [-0.2, -0.15) is 0 Å². The smallest absolute Gasteiger partial charge is 0.127 e. The fourth-order valence-corrected chi connectivity index (χ4v) is 2.51. The van der Waals surface area contributed by atoms with Crippen LogP contribution < -0.4 is 5.73 Å². The first-order valence-electron chi connectivity index (χ1n) is 6.43. The lowest BCUT2D eigenvalue weighted by Crippen LogP contribution is -2.02. The molecule has 3 heteroatoms. The third kappa shape index (κ3) is 2.02. The summed E-state index contributed by atoms with van der Waals surface area (Å²) in [5.74, 6) is 0.891. The van der Waals surface area contributed by atoms with Crippen LogP contribution in [-0.4, -0.2) is 9.38 Å². The number of rotatable bonds is 2. The van der Waals surface area contributed by atoms with E-state index in [0.717, 1.165) is 11.3 Å². The average Bonchev–Trinajstić information content (AvgIpc) is 2.80. The van der Waals surface area contributed by atoms with Crippen LogP contribution in [0.5, 0.6) is 0 Å². The Morgan fingerprint density at radius 1 is 1.16 bits per heavy atom. The van der Waals surface area contributed by atoms with Gasteiger partial charge in [-0.25, -0.2) is 4.98 Å². The number of benzene rings is 1. The van der Waals surface area contributed by atoms with E-state index in [1.54, 1.807) is 0 Å². The number of aromatic nitrogens is 2. The SMILES string of the molecule is Cc1ccc(-c2ccn3c(CN)ncc3c2)c(C)c1. The summed E-state index contributed by atoms with van der Waals surface area (Å²) in [5.41, 5.74) is 11.8. The molecule has 0 amide bonds. The molecule has 0 spiro atoms. The van der Waals surface area contributed by atoms with E-state index in [1.807, 2.05) is 16.8 Å². The fraction of sp³-hybridized carbons (Fsp3) is 0.188. The van der Waals surface area contributed by atoms with Crippen molar-refractivity contribution in [1.29, 1.82) is 0 Å². The second-order valence-corrected chi connectivity index (χ2v) is 4.91. The lowest BCUT2D eigenvalue weighted by atomic mass is 9.99. The number of aryl methyl sites for hydroxylation is 2. The van der Waals surface area contributed by atoms with Gasteiger partial charge in [-0.05, 0) is 42.7 Å². The number of nitrogens with zero attached hydrogens (tertiary/aromatic N) is 2. The topological polar surface area (TPSA) is 43.3 Å². The van der Waals surface area contributed by atoms with Gasteiger partial charge in [-0.3, -0.25) is 0 Å². The lowest BCUT2D eigenvalue weighted by molar-refractivity contribution is 0.904. The largest absolute Gasteiger partial charge is 0.324 e. The van der Waals surface area contributed by atoms with Gasteiger partial charge in [0.2, 0.25) is 0 Å². The maximum absolute atomic E-state index is 5.67. The second-order valence-electron chi connectivity index (χ2n) is 4.91. The van der Waals surface area contributed by atoms with E-state index >= 15 is 0 Å². The van der Waals surface area contributed by atoms with Gasteiger partial charge < -0.3 is 10.1 Å². The Labute approximate surface area is 112 Å². The second kappa shape index (κ2) is 4.52. The van der Waals surface area contributed by atoms with Crippen molar-refractivity contribution in [2.75, 3.05) is 0 Å². The van der Waals surface area contributed by atoms with Crippen molar-refractivity contribution < 1.29 is 0 Å². The van der Waals surface area contributed by atoms with Gasteiger partial charge >= 0.3 is 0 Å². The highest BCUT2D eigenvalue weighted by Gasteiger charge is 2.06. The van der Waals surface area contributed by atoms with Gasteiger partial charge in [0.25, 0.3) is 0 Å². The Balaban J connectivity index is 2.15. The molecule has 0 aliphatic rings. The summed E-state index contributed by atoms with van der Waals surface area (Å²) >= 11 is 0. The van der Waals surface area contributed by atoms with Crippen molar-refractivity contribution in [2.24, 2.45) is 5.73 Å². The summed E-state index contributed by atoms with van der Waals surface area (Å²) in [6.07, 6.45) is 3.91. The minimum absolute atomic E-state index is 0.455. The molecule has 3 nitrogen and oxygen atoms in total. The Morgan fingerprint density at radius 2 is 2.00 bits per heavy atom. The molecule has 0 unspecified atom stereocenters. The quantitative estimate of drug-likeness (QED) is 0.760. The summed E-state index contributed by atoms with van der Waals surface area (Å²) in [4.78, 5) is 4.32. The van der Waals surface area contributed by atoms with Crippen LogP contribution in [0.2, 0.25) is 0 Å². The molecule has 2 N–H and O–H groups in total. The third-order valence-corrected chi connectivity index (χ3v) is 3.48. The number of hydrogen-bond acceptors (Lipinski definition) is 2. The van der Waals surface area contributed by atoms with Gasteiger partial charge in [0, 0.05) is 6.20 Å². The average molecular weight is 251 g/mol. The van der Waals surface area contributed by atoms with E-state index in [-0.39, 0.29) is 0 Å². The molecule has 2 heterocycles. The summed E-state index contributed by atoms with van der Waals surface area (Å²) < 4.78 is 2.03. The highest BCUT2D eigenvalue weighted by Crippen LogP contribution is 2.25. The van der Waals surface area contributed by atoms with E-state index in [2.05, 4.69) is 49.2 Å². The van der Waals surface area contributed by atoms with Crippen LogP contribution in [0.1, 0.15) is 17.0 Å². The van der Waals surface area contributed by atoms with Crippen molar-refractivity contribution in [3.8, 4) is 11.1 Å². The van der Waals surface area contributed by atoms with Crippen molar-refractivity contribution >= 4 is 5.52 Å². The summed E-state index contributed by atoms with van der Waals surface area (Å²) in [6, 6.07) is 10.8. The maximum atomic E-state index is 5.67. The molecule has 3 aromatic rings. The highest BCUT2D eigenvalue weighted by molar-refractivity contribution is 5.71. The molecule has 0 atom stereocenters. The van der Waals surface area contributed by atoms with Crippen LogP contribution in [-0.2, 0) is 6.54 Å². The number of fused-ring (bicyclic) bond motifs is 1. The molecule has 96 valence electrons. The molecule has 0 bridgehead atoms. The lowest BCUT2D eigenvalue weighted by Gasteiger charge is -2.08. The fourth-order valence-electron chi connectivity index (χ4n) is 2.51. The predicted octanol–water partition coefficient (Wildman–Crippen LogP) is 3.08.